The molecule has 0 radical (unpaired) electrons. The fraction of sp³-hybridized carbons (Fsp3) is 0.611. The molecule has 1 aromatic carbocycles. The highest BCUT2D eigenvalue weighted by atomic mass is 16.1. The predicted octanol–water partition coefficient (Wildman–Crippen LogP) is 4.06. The first-order valence-electron chi connectivity index (χ1n) is 8.25. The van der Waals surface area contributed by atoms with Crippen molar-refractivity contribution in [1.82, 2.24) is 5.32 Å². The van der Waals surface area contributed by atoms with Crippen LogP contribution in [0, 0.1) is 11.8 Å². The lowest BCUT2D eigenvalue weighted by Gasteiger charge is -2.32. The second kappa shape index (κ2) is 7.48. The third kappa shape index (κ3) is 4.48. The minimum Gasteiger partial charge on any atom is -0.382 e. The molecular formula is C18H28N2O. The van der Waals surface area contributed by atoms with Crippen LogP contribution in [-0.4, -0.2) is 18.5 Å². The molecule has 1 aromatic rings. The fourth-order valence-corrected chi connectivity index (χ4v) is 3.18. The first-order chi connectivity index (χ1) is 10.1. The van der Waals surface area contributed by atoms with Gasteiger partial charge in [0.05, 0.1) is 0 Å². The van der Waals surface area contributed by atoms with E-state index in [-0.39, 0.29) is 5.91 Å². The molecule has 21 heavy (non-hydrogen) atoms. The maximum Gasteiger partial charge on any atom is 0.251 e. The number of anilines is 1. The molecule has 1 aliphatic rings. The Labute approximate surface area is 128 Å². The standard InChI is InChI=1S/C18H28N2O/c1-4-19-18(21)14-8-10-16(11-9-14)20-17-7-5-6-15(12-17)13(2)3/h8-11,13,15,17,20H,4-7,12H2,1-3H3,(H,19,21). The number of carbonyl (C=O) groups excluding carboxylic acids is 1. The van der Waals surface area contributed by atoms with E-state index >= 15 is 0 Å². The molecule has 3 nitrogen and oxygen atoms in total. The molecule has 1 saturated carbocycles. The van der Waals surface area contributed by atoms with Gasteiger partial charge in [-0.1, -0.05) is 26.7 Å². The zero-order chi connectivity index (χ0) is 15.2. The second-order valence-electron chi connectivity index (χ2n) is 6.45. The summed E-state index contributed by atoms with van der Waals surface area (Å²) in [5, 5.41) is 6.45. The Balaban J connectivity index is 1.92. The summed E-state index contributed by atoms with van der Waals surface area (Å²) in [5.41, 5.74) is 1.85. The van der Waals surface area contributed by atoms with Crippen LogP contribution in [0.5, 0.6) is 0 Å². The van der Waals surface area contributed by atoms with Gasteiger partial charge in [0.15, 0.2) is 0 Å². The molecule has 1 fully saturated rings. The van der Waals surface area contributed by atoms with E-state index < -0.39 is 0 Å². The van der Waals surface area contributed by atoms with Gasteiger partial charge in [-0.3, -0.25) is 4.79 Å². The maximum absolute atomic E-state index is 11.7. The van der Waals surface area contributed by atoms with Crippen LogP contribution >= 0.6 is 0 Å². The van der Waals surface area contributed by atoms with Gasteiger partial charge in [-0.05, 0) is 55.9 Å². The number of benzene rings is 1. The molecule has 3 heteroatoms. The molecule has 0 saturated heterocycles. The van der Waals surface area contributed by atoms with E-state index in [1.165, 1.54) is 25.7 Å². The first-order valence-corrected chi connectivity index (χ1v) is 8.25. The number of carbonyl (C=O) groups is 1. The summed E-state index contributed by atoms with van der Waals surface area (Å²) in [6.07, 6.45) is 5.19. The lowest BCUT2D eigenvalue weighted by atomic mass is 9.79. The van der Waals surface area contributed by atoms with Gasteiger partial charge < -0.3 is 10.6 Å². The Morgan fingerprint density at radius 2 is 1.95 bits per heavy atom. The zero-order valence-electron chi connectivity index (χ0n) is 13.5. The molecule has 1 amide bonds. The van der Waals surface area contributed by atoms with Crippen molar-refractivity contribution >= 4 is 11.6 Å². The molecular weight excluding hydrogens is 260 g/mol. The lowest BCUT2D eigenvalue weighted by Crippen LogP contribution is -2.29. The summed E-state index contributed by atoms with van der Waals surface area (Å²) >= 11 is 0. The van der Waals surface area contributed by atoms with Crippen molar-refractivity contribution in [2.45, 2.75) is 52.5 Å². The Morgan fingerprint density at radius 1 is 1.24 bits per heavy atom. The molecule has 2 rings (SSSR count). The van der Waals surface area contributed by atoms with E-state index in [0.29, 0.717) is 12.6 Å². The molecule has 0 spiro atoms. The summed E-state index contributed by atoms with van der Waals surface area (Å²) in [4.78, 5) is 11.7. The summed E-state index contributed by atoms with van der Waals surface area (Å²) in [6.45, 7) is 7.25. The van der Waals surface area contributed by atoms with Crippen LogP contribution in [0.2, 0.25) is 0 Å². The van der Waals surface area contributed by atoms with E-state index in [1.54, 1.807) is 0 Å². The van der Waals surface area contributed by atoms with Crippen LogP contribution in [0.1, 0.15) is 56.8 Å². The molecule has 2 N–H and O–H groups in total. The van der Waals surface area contributed by atoms with Crippen molar-refractivity contribution in [2.75, 3.05) is 11.9 Å². The minimum atomic E-state index is 0.00147. The van der Waals surface area contributed by atoms with Crippen LogP contribution < -0.4 is 10.6 Å². The molecule has 2 unspecified atom stereocenters. The van der Waals surface area contributed by atoms with Crippen LogP contribution in [0.15, 0.2) is 24.3 Å². The monoisotopic (exact) mass is 288 g/mol. The number of hydrogen-bond donors (Lipinski definition) is 2. The normalized spacial score (nSPS) is 22.1. The summed E-state index contributed by atoms with van der Waals surface area (Å²) in [5.74, 6) is 1.61. The lowest BCUT2D eigenvalue weighted by molar-refractivity contribution is 0.0956. The van der Waals surface area contributed by atoms with Gasteiger partial charge in [0.25, 0.3) is 5.91 Å². The highest BCUT2D eigenvalue weighted by molar-refractivity contribution is 5.94. The second-order valence-corrected chi connectivity index (χ2v) is 6.45. The Bertz CT molecular complexity index is 453. The Kier molecular flexibility index (Phi) is 5.66. The molecule has 2 atom stereocenters. The van der Waals surface area contributed by atoms with Crippen LogP contribution in [0.4, 0.5) is 5.69 Å². The molecule has 1 aliphatic carbocycles. The summed E-state index contributed by atoms with van der Waals surface area (Å²) in [7, 11) is 0. The SMILES string of the molecule is CCNC(=O)c1ccc(NC2CCCC(C(C)C)C2)cc1. The van der Waals surface area contributed by atoms with Gasteiger partial charge in [0.1, 0.15) is 0 Å². The van der Waals surface area contributed by atoms with Crippen LogP contribution in [0.3, 0.4) is 0 Å². The van der Waals surface area contributed by atoms with E-state index in [0.717, 1.165) is 23.1 Å². The Morgan fingerprint density at radius 3 is 2.57 bits per heavy atom. The summed E-state index contributed by atoms with van der Waals surface area (Å²) < 4.78 is 0. The smallest absolute Gasteiger partial charge is 0.251 e. The van der Waals surface area contributed by atoms with Gasteiger partial charge >= 0.3 is 0 Å². The van der Waals surface area contributed by atoms with Crippen molar-refractivity contribution in [3.05, 3.63) is 29.8 Å². The van der Waals surface area contributed by atoms with Gasteiger partial charge in [-0.2, -0.15) is 0 Å². The average molecular weight is 288 g/mol. The third-order valence-electron chi connectivity index (χ3n) is 4.51. The number of nitrogens with one attached hydrogen (secondary N) is 2. The number of rotatable bonds is 5. The third-order valence-corrected chi connectivity index (χ3v) is 4.51. The van der Waals surface area contributed by atoms with Gasteiger partial charge in [0.2, 0.25) is 0 Å². The molecule has 0 bridgehead atoms. The number of amides is 1. The molecule has 116 valence electrons. The topological polar surface area (TPSA) is 41.1 Å². The fourth-order valence-electron chi connectivity index (χ4n) is 3.18. The van der Waals surface area contributed by atoms with E-state index in [4.69, 9.17) is 0 Å². The first kappa shape index (κ1) is 15.9. The highest BCUT2D eigenvalue weighted by Crippen LogP contribution is 2.31. The van der Waals surface area contributed by atoms with Crippen molar-refractivity contribution < 1.29 is 4.79 Å². The molecule has 0 aromatic heterocycles. The zero-order valence-corrected chi connectivity index (χ0v) is 13.5. The van der Waals surface area contributed by atoms with Gasteiger partial charge in [-0.25, -0.2) is 0 Å². The largest absolute Gasteiger partial charge is 0.382 e. The van der Waals surface area contributed by atoms with Crippen LogP contribution in [0.25, 0.3) is 0 Å². The van der Waals surface area contributed by atoms with Crippen molar-refractivity contribution in [3.8, 4) is 0 Å². The highest BCUT2D eigenvalue weighted by Gasteiger charge is 2.23. The van der Waals surface area contributed by atoms with Gasteiger partial charge in [0, 0.05) is 23.8 Å². The quantitative estimate of drug-likeness (QED) is 0.857. The van der Waals surface area contributed by atoms with Crippen LogP contribution in [-0.2, 0) is 0 Å². The van der Waals surface area contributed by atoms with E-state index in [2.05, 4.69) is 24.5 Å². The number of hydrogen-bond acceptors (Lipinski definition) is 2. The van der Waals surface area contributed by atoms with Crippen molar-refractivity contribution in [2.24, 2.45) is 11.8 Å². The van der Waals surface area contributed by atoms with E-state index in [1.807, 2.05) is 31.2 Å². The average Bonchev–Trinajstić information content (AvgIpc) is 2.48. The van der Waals surface area contributed by atoms with Gasteiger partial charge in [-0.15, -0.1) is 0 Å². The predicted molar refractivity (Wildman–Crippen MR) is 88.7 cm³/mol. The van der Waals surface area contributed by atoms with E-state index in [9.17, 15) is 4.79 Å². The minimum absolute atomic E-state index is 0.00147. The molecule has 0 aliphatic heterocycles. The molecule has 0 heterocycles. The van der Waals surface area contributed by atoms with Crippen molar-refractivity contribution in [3.63, 3.8) is 0 Å². The maximum atomic E-state index is 11.7. The Hall–Kier alpha value is -1.51. The van der Waals surface area contributed by atoms with Crippen molar-refractivity contribution in [1.29, 1.82) is 0 Å². The summed E-state index contributed by atoms with van der Waals surface area (Å²) in [6, 6.07) is 8.40.